The number of carbonyl (C=O) groups is 3. The third kappa shape index (κ3) is 13.0. The lowest BCUT2D eigenvalue weighted by molar-refractivity contribution is -0.111. The minimum absolute atomic E-state index is 0.0180. The molecule has 0 radical (unpaired) electrons. The fourth-order valence-electron chi connectivity index (χ4n) is 9.22. The van der Waals surface area contributed by atoms with Crippen LogP contribution in [0.1, 0.15) is 120 Å². The lowest BCUT2D eigenvalue weighted by Gasteiger charge is -2.32. The van der Waals surface area contributed by atoms with Gasteiger partial charge < -0.3 is 44.2 Å². The molecule has 9 rings (SSSR count). The maximum atomic E-state index is 15.2. The first-order valence-corrected chi connectivity index (χ1v) is 25.3. The molecule has 2 amide bonds. The second-order valence-electron chi connectivity index (χ2n) is 18.9. The van der Waals surface area contributed by atoms with E-state index in [9.17, 15) is 23.2 Å². The number of hydrogen-bond donors (Lipinski definition) is 2. The number of aryl methyl sites for hydroxylation is 1. The zero-order valence-electron chi connectivity index (χ0n) is 43.2. The molecule has 2 aromatic carbocycles. The van der Waals surface area contributed by atoms with Gasteiger partial charge in [0.05, 0.1) is 22.2 Å². The number of anilines is 1. The normalized spacial score (nSPS) is 14.3. The maximum Gasteiger partial charge on any atom is 0.266 e. The molecule has 0 spiro atoms. The van der Waals surface area contributed by atoms with Crippen LogP contribution in [-0.4, -0.2) is 137 Å². The average Bonchev–Trinajstić information content (AvgIpc) is 4.13. The number of likely N-dealkylation sites (tertiary alicyclic amines) is 1. The van der Waals surface area contributed by atoms with Crippen LogP contribution in [0.25, 0.3) is 22.1 Å². The van der Waals surface area contributed by atoms with Gasteiger partial charge in [-0.05, 0) is 90.7 Å². The summed E-state index contributed by atoms with van der Waals surface area (Å²) in [5.41, 5.74) is 8.50. The predicted molar refractivity (Wildman–Crippen MR) is 277 cm³/mol. The van der Waals surface area contributed by atoms with E-state index in [4.69, 9.17) is 27.1 Å². The highest BCUT2D eigenvalue weighted by atomic mass is 35.5. The average molecular weight is 1070 g/mol. The Bertz CT molecular complexity index is 3200. The van der Waals surface area contributed by atoms with Crippen molar-refractivity contribution in [3.63, 3.8) is 0 Å². The van der Waals surface area contributed by atoms with Crippen molar-refractivity contribution in [2.45, 2.75) is 90.1 Å². The summed E-state index contributed by atoms with van der Waals surface area (Å²) in [5, 5.41) is 16.3. The number of aromatic nitrogens is 8. The molecular formula is C52H61ClF4N14O5. The maximum absolute atomic E-state index is 15.2. The zero-order chi connectivity index (χ0) is 54.8. The van der Waals surface area contributed by atoms with Gasteiger partial charge >= 0.3 is 0 Å². The third-order valence-electron chi connectivity index (χ3n) is 13.2. The largest absolute Gasteiger partial charge is 0.408 e. The number of oxime groups is 1. The molecule has 2 saturated heterocycles. The summed E-state index contributed by atoms with van der Waals surface area (Å²) >= 11 is 4.94. The van der Waals surface area contributed by atoms with E-state index in [0.29, 0.717) is 96.5 Å². The van der Waals surface area contributed by atoms with E-state index < -0.39 is 23.3 Å². The van der Waals surface area contributed by atoms with Gasteiger partial charge in [0.15, 0.2) is 11.6 Å². The smallest absolute Gasteiger partial charge is 0.266 e. The van der Waals surface area contributed by atoms with E-state index in [1.807, 2.05) is 11.5 Å². The van der Waals surface area contributed by atoms with Gasteiger partial charge in [-0.15, -0.1) is 0 Å². The van der Waals surface area contributed by atoms with E-state index in [1.54, 1.807) is 55.9 Å². The molecule has 3 N–H and O–H groups in total. The standard InChI is InChI=1S/C26H29F2N7O2.C22H25F2N7O2.C4H7ClO/c1-4-5-22-31-26(32-37-22)34-10-8-18(9-11-34)35-14-20(28)23-21(29-15-30-24(23)35)13-16-6-7-17(12-19(16)27)25(36)33(2)3;1-29(2)21(32)14-4-3-13(16(23)9-14)10-18-19-17(24)11-31(20(19)27-12-26-18)15-5-7-30(8-6-15)22(25)28-33;1-2-3-4(5)6/h6-7,12,14-15,18H,4-5,8-11,13H2,1-3H3;3-4,9,11-12,15,33H,5-8,10H2,1-2H3,(H2,25,28);2-3H2,1H3. The summed E-state index contributed by atoms with van der Waals surface area (Å²) in [6.45, 7) is 6.51. The van der Waals surface area contributed by atoms with Crippen LogP contribution in [0.15, 0.2) is 71.1 Å². The van der Waals surface area contributed by atoms with Crippen molar-refractivity contribution in [1.29, 1.82) is 0 Å². The first kappa shape index (κ1) is 56.0. The molecule has 24 heteroatoms. The van der Waals surface area contributed by atoms with E-state index in [1.165, 1.54) is 53.0 Å². The molecule has 76 heavy (non-hydrogen) atoms. The van der Waals surface area contributed by atoms with Crippen LogP contribution < -0.4 is 10.6 Å². The minimum Gasteiger partial charge on any atom is -0.408 e. The van der Waals surface area contributed by atoms with Gasteiger partial charge in [-0.1, -0.05) is 31.1 Å². The zero-order valence-corrected chi connectivity index (χ0v) is 43.9. The molecular weight excluding hydrogens is 1010 g/mol. The molecule has 0 aliphatic carbocycles. The second kappa shape index (κ2) is 25.2. The van der Waals surface area contributed by atoms with E-state index in [0.717, 1.165) is 32.1 Å². The Morgan fingerprint density at radius 3 is 1.59 bits per heavy atom. The number of nitrogens with zero attached hydrogens (tertiary/aromatic N) is 13. The van der Waals surface area contributed by atoms with Gasteiger partial charge in [0, 0.05) is 116 Å². The molecule has 5 aromatic heterocycles. The van der Waals surface area contributed by atoms with Gasteiger partial charge in [0.1, 0.15) is 35.6 Å². The van der Waals surface area contributed by atoms with Gasteiger partial charge in [-0.25, -0.2) is 37.5 Å². The van der Waals surface area contributed by atoms with Crippen LogP contribution in [0.4, 0.5) is 23.5 Å². The molecule has 0 unspecified atom stereocenters. The van der Waals surface area contributed by atoms with Crippen LogP contribution in [0.3, 0.4) is 0 Å². The topological polar surface area (TPSA) is 223 Å². The van der Waals surface area contributed by atoms with Gasteiger partial charge in [-0.2, -0.15) is 4.98 Å². The summed E-state index contributed by atoms with van der Waals surface area (Å²) in [5.74, 6) is -1.29. The number of fused-ring (bicyclic) bond motifs is 2. The first-order chi connectivity index (χ1) is 36.4. The molecule has 0 atom stereocenters. The Labute approximate surface area is 441 Å². The van der Waals surface area contributed by atoms with Gasteiger partial charge in [0.25, 0.3) is 17.8 Å². The number of hydrogen-bond acceptors (Lipinski definition) is 13. The Morgan fingerprint density at radius 2 is 1.20 bits per heavy atom. The summed E-state index contributed by atoms with van der Waals surface area (Å²) < 4.78 is 68.8. The monoisotopic (exact) mass is 1070 g/mol. The lowest BCUT2D eigenvalue weighted by Crippen LogP contribution is -2.43. The Kier molecular flexibility index (Phi) is 18.6. The van der Waals surface area contributed by atoms with Crippen LogP contribution in [-0.2, 0) is 24.1 Å². The SMILES string of the molecule is CCCC(=O)Cl.CCCc1nc(N2CCC(n3cc(F)c4c(Cc5ccc(C(=O)N(C)C)cc5F)ncnc43)CC2)no1.CN(C)C(=O)c1ccc(Cc2ncnc3c2c(F)cn3C2CCN(/C(N)=N/O)CC2)c(F)c1. The highest BCUT2D eigenvalue weighted by Crippen LogP contribution is 2.33. The predicted octanol–water partition coefficient (Wildman–Crippen LogP) is 8.07. The first-order valence-electron chi connectivity index (χ1n) is 24.9. The van der Waals surface area contributed by atoms with Crippen molar-refractivity contribution in [1.82, 2.24) is 53.9 Å². The number of rotatable bonds is 13. The van der Waals surface area contributed by atoms with E-state index in [-0.39, 0.29) is 64.5 Å². The Balaban J connectivity index is 0.000000201. The number of halogens is 5. The van der Waals surface area contributed by atoms with Crippen LogP contribution in [0.2, 0.25) is 0 Å². The highest BCUT2D eigenvalue weighted by molar-refractivity contribution is 6.63. The third-order valence-corrected chi connectivity index (χ3v) is 13.4. The number of guanidine groups is 1. The van der Waals surface area contributed by atoms with E-state index >= 15 is 8.78 Å². The Hall–Kier alpha value is -7.69. The molecule has 0 saturated carbocycles. The number of benzene rings is 2. The molecule has 0 bridgehead atoms. The summed E-state index contributed by atoms with van der Waals surface area (Å²) in [6.07, 6.45) is 11.6. The summed E-state index contributed by atoms with van der Waals surface area (Å²) in [4.78, 5) is 62.2. The van der Waals surface area contributed by atoms with Crippen molar-refractivity contribution < 1.29 is 41.7 Å². The van der Waals surface area contributed by atoms with Crippen molar-refractivity contribution in [2.24, 2.45) is 10.9 Å². The fraction of sp³-hybridized carbons (Fsp3) is 0.423. The van der Waals surface area contributed by atoms with E-state index in [2.05, 4.69) is 47.1 Å². The molecule has 2 aliphatic rings. The summed E-state index contributed by atoms with van der Waals surface area (Å²) in [6, 6.07) is 8.62. The molecule has 2 aliphatic heterocycles. The van der Waals surface area contributed by atoms with Gasteiger partial charge in [0.2, 0.25) is 17.1 Å². The number of piperidine rings is 2. The quantitative estimate of drug-likeness (QED) is 0.0278. The van der Waals surface area contributed by atoms with Crippen LogP contribution in [0.5, 0.6) is 0 Å². The number of nitrogens with two attached hydrogens (primary N) is 1. The molecule has 19 nitrogen and oxygen atoms in total. The minimum atomic E-state index is -0.551. The molecule has 404 valence electrons. The number of amides is 2. The van der Waals surface area contributed by atoms with Crippen molar-refractivity contribution in [2.75, 3.05) is 59.3 Å². The van der Waals surface area contributed by atoms with Gasteiger partial charge in [-0.3, -0.25) is 14.4 Å². The molecule has 7 heterocycles. The lowest BCUT2D eigenvalue weighted by atomic mass is 10.0. The fourth-order valence-corrected chi connectivity index (χ4v) is 9.40. The van der Waals surface area contributed by atoms with Crippen molar-refractivity contribution in [3.8, 4) is 0 Å². The van der Waals surface area contributed by atoms with Crippen LogP contribution in [0, 0.1) is 23.3 Å². The summed E-state index contributed by atoms with van der Waals surface area (Å²) in [7, 11) is 6.41. The molecule has 7 aromatic rings. The van der Waals surface area contributed by atoms with Crippen molar-refractivity contribution >= 4 is 62.6 Å². The molecule has 2 fully saturated rings. The number of carbonyl (C=O) groups excluding carboxylic acids is 3. The second-order valence-corrected chi connectivity index (χ2v) is 19.3. The highest BCUT2D eigenvalue weighted by Gasteiger charge is 2.29. The van der Waals surface area contributed by atoms with Crippen molar-refractivity contribution in [3.05, 3.63) is 124 Å². The van der Waals surface area contributed by atoms with Crippen LogP contribution >= 0.6 is 11.6 Å². The Morgan fingerprint density at radius 1 is 0.724 bits per heavy atom.